The van der Waals surface area contributed by atoms with Crippen LogP contribution in [-0.2, 0) is 16.9 Å². The molecule has 2 heterocycles. The average molecular weight is 328 g/mol. The van der Waals surface area contributed by atoms with Crippen molar-refractivity contribution >= 4 is 11.6 Å². The molecule has 7 heteroatoms. The summed E-state index contributed by atoms with van der Waals surface area (Å²) in [4.78, 5) is 15.8. The summed E-state index contributed by atoms with van der Waals surface area (Å²) in [6.45, 7) is 2.56. The number of ether oxygens (including phenoxy) is 1. The number of fused-ring (bicyclic) bond motifs is 1. The number of hydrogen-bond acceptors (Lipinski definition) is 6. The summed E-state index contributed by atoms with van der Waals surface area (Å²) in [5.41, 5.74) is 1.60. The van der Waals surface area contributed by atoms with Crippen LogP contribution in [-0.4, -0.2) is 22.7 Å². The molecule has 1 fully saturated rings. The fourth-order valence-electron chi connectivity index (χ4n) is 3.45. The van der Waals surface area contributed by atoms with Crippen LogP contribution in [0, 0.1) is 6.92 Å². The number of nitrogens with one attached hydrogen (secondary N) is 2. The third-order valence-electron chi connectivity index (χ3n) is 4.72. The lowest BCUT2D eigenvalue weighted by Crippen LogP contribution is -2.40. The highest BCUT2D eigenvalue weighted by atomic mass is 16.5. The number of nitrogens with zero attached hydrogens (tertiary/aromatic N) is 2. The molecule has 1 aromatic carbocycles. The summed E-state index contributed by atoms with van der Waals surface area (Å²) in [5, 5.41) is 10.6. The van der Waals surface area contributed by atoms with Crippen molar-refractivity contribution in [1.29, 1.82) is 0 Å². The number of benzene rings is 1. The first-order valence-corrected chi connectivity index (χ1v) is 8.26. The average Bonchev–Trinajstić information content (AvgIpc) is 3.23. The van der Waals surface area contributed by atoms with Crippen LogP contribution in [0.25, 0.3) is 0 Å². The minimum Gasteiger partial charge on any atom is -0.482 e. The van der Waals surface area contributed by atoms with E-state index in [1.807, 2.05) is 25.1 Å². The summed E-state index contributed by atoms with van der Waals surface area (Å²) in [7, 11) is 0. The van der Waals surface area contributed by atoms with E-state index in [0.717, 1.165) is 42.8 Å². The predicted molar refractivity (Wildman–Crippen MR) is 86.6 cm³/mol. The molecule has 2 aromatic rings. The predicted octanol–water partition coefficient (Wildman–Crippen LogP) is 2.27. The van der Waals surface area contributed by atoms with Gasteiger partial charge in [0, 0.05) is 13.5 Å². The van der Waals surface area contributed by atoms with E-state index in [4.69, 9.17) is 9.26 Å². The zero-order valence-electron chi connectivity index (χ0n) is 13.6. The standard InChI is InChI=1S/C17H20N4O3/c1-11-19-16(21-24-11)17(6-2-3-7-17)18-9-12-4-5-13-14(8-12)23-10-15(22)20-13/h4-5,8,18H,2-3,6-7,9-10H2,1H3,(H,20,22). The summed E-state index contributed by atoms with van der Waals surface area (Å²) >= 11 is 0. The summed E-state index contributed by atoms with van der Waals surface area (Å²) < 4.78 is 10.7. The lowest BCUT2D eigenvalue weighted by atomic mass is 9.96. The Morgan fingerprint density at radius 2 is 2.17 bits per heavy atom. The molecule has 1 aliphatic carbocycles. The van der Waals surface area contributed by atoms with Gasteiger partial charge in [-0.15, -0.1) is 0 Å². The summed E-state index contributed by atoms with van der Waals surface area (Å²) in [5.74, 6) is 1.94. The molecule has 0 spiro atoms. The highest BCUT2D eigenvalue weighted by Crippen LogP contribution is 2.38. The molecule has 1 saturated carbocycles. The van der Waals surface area contributed by atoms with Gasteiger partial charge in [-0.2, -0.15) is 4.98 Å². The zero-order chi connectivity index (χ0) is 16.6. The van der Waals surface area contributed by atoms with Crippen molar-refractivity contribution in [2.24, 2.45) is 0 Å². The van der Waals surface area contributed by atoms with E-state index < -0.39 is 0 Å². The van der Waals surface area contributed by atoms with Crippen LogP contribution in [0.3, 0.4) is 0 Å². The van der Waals surface area contributed by atoms with Crippen LogP contribution in [0.5, 0.6) is 5.75 Å². The quantitative estimate of drug-likeness (QED) is 0.895. The summed E-state index contributed by atoms with van der Waals surface area (Å²) in [6, 6.07) is 5.83. The van der Waals surface area contributed by atoms with Crippen LogP contribution in [0.2, 0.25) is 0 Å². The van der Waals surface area contributed by atoms with Gasteiger partial charge in [0.05, 0.1) is 11.2 Å². The van der Waals surface area contributed by atoms with E-state index in [-0.39, 0.29) is 18.1 Å². The smallest absolute Gasteiger partial charge is 0.262 e. The monoisotopic (exact) mass is 328 g/mol. The van der Waals surface area contributed by atoms with E-state index in [2.05, 4.69) is 20.8 Å². The van der Waals surface area contributed by atoms with Gasteiger partial charge in [-0.05, 0) is 30.5 Å². The number of aromatic nitrogens is 2. The third kappa shape index (κ3) is 2.75. The van der Waals surface area contributed by atoms with Gasteiger partial charge in [0.15, 0.2) is 12.4 Å². The molecule has 7 nitrogen and oxygen atoms in total. The maximum absolute atomic E-state index is 11.3. The molecule has 1 aliphatic heterocycles. The molecular formula is C17H20N4O3. The number of amides is 1. The molecule has 4 rings (SSSR count). The molecule has 1 amide bonds. The molecule has 1 aromatic heterocycles. The van der Waals surface area contributed by atoms with Crippen molar-refractivity contribution in [2.75, 3.05) is 11.9 Å². The van der Waals surface area contributed by atoms with Crippen LogP contribution >= 0.6 is 0 Å². The van der Waals surface area contributed by atoms with Gasteiger partial charge < -0.3 is 19.9 Å². The molecule has 0 saturated heterocycles. The van der Waals surface area contributed by atoms with Crippen LogP contribution in [0.4, 0.5) is 5.69 Å². The van der Waals surface area contributed by atoms with Gasteiger partial charge in [0.1, 0.15) is 5.75 Å². The molecule has 0 atom stereocenters. The number of carbonyl (C=O) groups is 1. The fourth-order valence-corrected chi connectivity index (χ4v) is 3.45. The lowest BCUT2D eigenvalue weighted by Gasteiger charge is -2.27. The molecule has 126 valence electrons. The first-order chi connectivity index (χ1) is 11.6. The number of hydrogen-bond donors (Lipinski definition) is 2. The highest BCUT2D eigenvalue weighted by Gasteiger charge is 2.39. The normalized spacial score (nSPS) is 18.8. The Hall–Kier alpha value is -2.41. The van der Waals surface area contributed by atoms with Gasteiger partial charge >= 0.3 is 0 Å². The second-order valence-electron chi connectivity index (χ2n) is 6.45. The molecule has 0 bridgehead atoms. The number of carbonyl (C=O) groups excluding carboxylic acids is 1. The lowest BCUT2D eigenvalue weighted by molar-refractivity contribution is -0.118. The molecule has 0 unspecified atom stereocenters. The highest BCUT2D eigenvalue weighted by molar-refractivity contribution is 5.95. The zero-order valence-corrected chi connectivity index (χ0v) is 13.6. The number of anilines is 1. The Labute approximate surface area is 139 Å². The Morgan fingerprint density at radius 3 is 2.92 bits per heavy atom. The van der Waals surface area contributed by atoms with Gasteiger partial charge in [-0.1, -0.05) is 24.1 Å². The first kappa shape index (κ1) is 15.1. The van der Waals surface area contributed by atoms with Gasteiger partial charge in [-0.3, -0.25) is 4.79 Å². The molecule has 0 radical (unpaired) electrons. The largest absolute Gasteiger partial charge is 0.482 e. The maximum atomic E-state index is 11.3. The van der Waals surface area contributed by atoms with E-state index >= 15 is 0 Å². The van der Waals surface area contributed by atoms with Gasteiger partial charge in [0.25, 0.3) is 5.91 Å². The van der Waals surface area contributed by atoms with E-state index in [0.29, 0.717) is 18.2 Å². The Balaban J connectivity index is 1.52. The Bertz CT molecular complexity index is 765. The SMILES string of the molecule is Cc1nc(C2(NCc3ccc4c(c3)OCC(=O)N4)CCCC2)no1. The van der Waals surface area contributed by atoms with E-state index in [9.17, 15) is 4.79 Å². The minimum atomic E-state index is -0.220. The van der Waals surface area contributed by atoms with Crippen LogP contribution in [0.15, 0.2) is 22.7 Å². The number of aryl methyl sites for hydroxylation is 1. The maximum Gasteiger partial charge on any atom is 0.262 e. The molecular weight excluding hydrogens is 308 g/mol. The van der Waals surface area contributed by atoms with Gasteiger partial charge in [-0.25, -0.2) is 0 Å². The van der Waals surface area contributed by atoms with Crippen LogP contribution < -0.4 is 15.4 Å². The second kappa shape index (κ2) is 5.90. The van der Waals surface area contributed by atoms with Gasteiger partial charge in [0.2, 0.25) is 5.89 Å². The fraction of sp³-hybridized carbons (Fsp3) is 0.471. The first-order valence-electron chi connectivity index (χ1n) is 8.26. The van der Waals surface area contributed by atoms with Crippen molar-refractivity contribution in [3.05, 3.63) is 35.5 Å². The second-order valence-corrected chi connectivity index (χ2v) is 6.45. The molecule has 2 aliphatic rings. The van der Waals surface area contributed by atoms with Crippen molar-refractivity contribution in [3.8, 4) is 5.75 Å². The molecule has 2 N–H and O–H groups in total. The number of rotatable bonds is 4. The van der Waals surface area contributed by atoms with Crippen molar-refractivity contribution < 1.29 is 14.1 Å². The molecule has 24 heavy (non-hydrogen) atoms. The Kier molecular flexibility index (Phi) is 3.72. The van der Waals surface area contributed by atoms with Crippen molar-refractivity contribution in [2.45, 2.75) is 44.7 Å². The van der Waals surface area contributed by atoms with E-state index in [1.54, 1.807) is 0 Å². The topological polar surface area (TPSA) is 89.3 Å². The van der Waals surface area contributed by atoms with Crippen molar-refractivity contribution in [1.82, 2.24) is 15.5 Å². The third-order valence-corrected chi connectivity index (χ3v) is 4.72. The minimum absolute atomic E-state index is 0.0654. The summed E-state index contributed by atoms with van der Waals surface area (Å²) in [6.07, 6.45) is 4.31. The van der Waals surface area contributed by atoms with Crippen LogP contribution in [0.1, 0.15) is 43.0 Å². The van der Waals surface area contributed by atoms with E-state index in [1.165, 1.54) is 0 Å². The van der Waals surface area contributed by atoms with Crippen molar-refractivity contribution in [3.63, 3.8) is 0 Å². The Morgan fingerprint density at radius 1 is 1.33 bits per heavy atom.